The molecule has 0 fully saturated rings. The molecule has 0 saturated heterocycles. The van der Waals surface area contributed by atoms with Gasteiger partial charge in [-0.05, 0) is 33.2 Å². The van der Waals surface area contributed by atoms with Crippen molar-refractivity contribution in [3.05, 3.63) is 0 Å². The molecule has 0 atom stereocenters. The minimum absolute atomic E-state index is 0.214. The van der Waals surface area contributed by atoms with Crippen LogP contribution in [0.15, 0.2) is 0 Å². The Hall–Kier alpha value is -0.610. The zero-order valence-corrected chi connectivity index (χ0v) is 10.00. The number of hydrogen-bond donors (Lipinski definition) is 1. The molecule has 0 unspecified atom stereocenters. The van der Waals surface area contributed by atoms with E-state index in [0.29, 0.717) is 19.6 Å². The molecule has 0 radical (unpaired) electrons. The molecule has 0 aromatic carbocycles. The van der Waals surface area contributed by atoms with Gasteiger partial charge in [-0.3, -0.25) is 4.79 Å². The standard InChI is InChI=1S/C11H24N2O2/c1-3-13(9-6-8-12)11(14)7-5-10-15-4-2/h3-10,12H2,1-2H3. The van der Waals surface area contributed by atoms with Crippen LogP contribution in [0.3, 0.4) is 0 Å². The molecule has 0 heterocycles. The normalized spacial score (nSPS) is 10.3. The molecule has 0 aromatic heterocycles. The molecule has 4 heteroatoms. The van der Waals surface area contributed by atoms with E-state index < -0.39 is 0 Å². The van der Waals surface area contributed by atoms with Gasteiger partial charge in [-0.15, -0.1) is 0 Å². The molecule has 1 amide bonds. The van der Waals surface area contributed by atoms with Crippen LogP contribution in [0, 0.1) is 0 Å². The van der Waals surface area contributed by atoms with E-state index in [1.165, 1.54) is 0 Å². The fourth-order valence-corrected chi connectivity index (χ4v) is 1.37. The molecule has 15 heavy (non-hydrogen) atoms. The van der Waals surface area contributed by atoms with Gasteiger partial charge in [0.1, 0.15) is 0 Å². The predicted molar refractivity (Wildman–Crippen MR) is 61.7 cm³/mol. The SMILES string of the molecule is CCOCCCC(=O)N(CC)CCCN. The fraction of sp³-hybridized carbons (Fsp3) is 0.909. The quantitative estimate of drug-likeness (QED) is 0.585. The summed E-state index contributed by atoms with van der Waals surface area (Å²) in [5, 5.41) is 0. The van der Waals surface area contributed by atoms with Crippen LogP contribution in [0.25, 0.3) is 0 Å². The van der Waals surface area contributed by atoms with Crippen LogP contribution in [0.4, 0.5) is 0 Å². The highest BCUT2D eigenvalue weighted by molar-refractivity contribution is 5.76. The Morgan fingerprint density at radius 1 is 1.33 bits per heavy atom. The van der Waals surface area contributed by atoms with Gasteiger partial charge in [0.15, 0.2) is 0 Å². The van der Waals surface area contributed by atoms with E-state index in [4.69, 9.17) is 10.5 Å². The highest BCUT2D eigenvalue weighted by atomic mass is 16.5. The molecule has 0 aliphatic carbocycles. The largest absolute Gasteiger partial charge is 0.382 e. The van der Waals surface area contributed by atoms with E-state index in [1.807, 2.05) is 18.7 Å². The lowest BCUT2D eigenvalue weighted by atomic mass is 10.2. The van der Waals surface area contributed by atoms with Gasteiger partial charge in [0.2, 0.25) is 5.91 Å². The molecule has 0 aliphatic heterocycles. The minimum Gasteiger partial charge on any atom is -0.382 e. The average Bonchev–Trinajstić information content (AvgIpc) is 2.25. The molecule has 0 aliphatic rings. The molecular formula is C11H24N2O2. The maximum absolute atomic E-state index is 11.7. The second kappa shape index (κ2) is 9.93. The molecular weight excluding hydrogens is 192 g/mol. The summed E-state index contributed by atoms with van der Waals surface area (Å²) in [5.41, 5.74) is 5.41. The summed E-state index contributed by atoms with van der Waals surface area (Å²) >= 11 is 0. The summed E-state index contributed by atoms with van der Waals surface area (Å²) in [6.45, 7) is 7.55. The van der Waals surface area contributed by atoms with Crippen molar-refractivity contribution in [1.82, 2.24) is 4.90 Å². The highest BCUT2D eigenvalue weighted by Gasteiger charge is 2.09. The molecule has 0 spiro atoms. The van der Waals surface area contributed by atoms with Crippen molar-refractivity contribution in [3.63, 3.8) is 0 Å². The Balaban J connectivity index is 3.63. The lowest BCUT2D eigenvalue weighted by molar-refractivity contribution is -0.131. The summed E-state index contributed by atoms with van der Waals surface area (Å²) in [6, 6.07) is 0. The van der Waals surface area contributed by atoms with Crippen LogP contribution >= 0.6 is 0 Å². The molecule has 0 saturated carbocycles. The fourth-order valence-electron chi connectivity index (χ4n) is 1.37. The third-order valence-electron chi connectivity index (χ3n) is 2.25. The van der Waals surface area contributed by atoms with Gasteiger partial charge in [0.05, 0.1) is 0 Å². The first-order valence-corrected chi connectivity index (χ1v) is 5.81. The number of ether oxygens (including phenoxy) is 1. The van der Waals surface area contributed by atoms with Crippen LogP contribution in [-0.4, -0.2) is 43.7 Å². The lowest BCUT2D eigenvalue weighted by Crippen LogP contribution is -2.32. The van der Waals surface area contributed by atoms with Crippen molar-refractivity contribution >= 4 is 5.91 Å². The van der Waals surface area contributed by atoms with Gasteiger partial charge in [-0.2, -0.15) is 0 Å². The first-order valence-electron chi connectivity index (χ1n) is 5.81. The van der Waals surface area contributed by atoms with Crippen LogP contribution in [-0.2, 0) is 9.53 Å². The van der Waals surface area contributed by atoms with Crippen LogP contribution < -0.4 is 5.73 Å². The minimum atomic E-state index is 0.214. The van der Waals surface area contributed by atoms with Gasteiger partial charge >= 0.3 is 0 Å². The number of nitrogens with two attached hydrogens (primary N) is 1. The zero-order valence-electron chi connectivity index (χ0n) is 10.00. The second-order valence-electron chi connectivity index (χ2n) is 3.42. The second-order valence-corrected chi connectivity index (χ2v) is 3.42. The van der Waals surface area contributed by atoms with Crippen LogP contribution in [0.5, 0.6) is 0 Å². The van der Waals surface area contributed by atoms with E-state index in [0.717, 1.165) is 32.5 Å². The summed E-state index contributed by atoms with van der Waals surface area (Å²) in [4.78, 5) is 13.5. The van der Waals surface area contributed by atoms with Crippen LogP contribution in [0.1, 0.15) is 33.1 Å². The monoisotopic (exact) mass is 216 g/mol. The maximum Gasteiger partial charge on any atom is 0.222 e. The Morgan fingerprint density at radius 3 is 2.60 bits per heavy atom. The molecule has 90 valence electrons. The van der Waals surface area contributed by atoms with Crippen molar-refractivity contribution in [1.29, 1.82) is 0 Å². The summed E-state index contributed by atoms with van der Waals surface area (Å²) in [7, 11) is 0. The van der Waals surface area contributed by atoms with E-state index >= 15 is 0 Å². The summed E-state index contributed by atoms with van der Waals surface area (Å²) in [5.74, 6) is 0.214. The number of rotatable bonds is 9. The predicted octanol–water partition coefficient (Wildman–Crippen LogP) is 1.00. The molecule has 0 rings (SSSR count). The number of carbonyl (C=O) groups excluding carboxylic acids is 1. The van der Waals surface area contributed by atoms with Crippen LogP contribution in [0.2, 0.25) is 0 Å². The Morgan fingerprint density at radius 2 is 2.07 bits per heavy atom. The summed E-state index contributed by atoms with van der Waals surface area (Å²) < 4.78 is 5.19. The van der Waals surface area contributed by atoms with Crippen molar-refractivity contribution in [2.75, 3.05) is 32.8 Å². The van der Waals surface area contributed by atoms with E-state index in [1.54, 1.807) is 0 Å². The number of carbonyl (C=O) groups is 1. The highest BCUT2D eigenvalue weighted by Crippen LogP contribution is 1.99. The van der Waals surface area contributed by atoms with E-state index in [-0.39, 0.29) is 5.91 Å². The van der Waals surface area contributed by atoms with Gasteiger partial charge < -0.3 is 15.4 Å². The molecule has 0 aromatic rings. The third kappa shape index (κ3) is 7.33. The van der Waals surface area contributed by atoms with E-state index in [2.05, 4.69) is 0 Å². The summed E-state index contributed by atoms with van der Waals surface area (Å²) in [6.07, 6.45) is 2.27. The Bertz CT molecular complexity index is 163. The number of amides is 1. The van der Waals surface area contributed by atoms with Crippen molar-refractivity contribution in [3.8, 4) is 0 Å². The first-order chi connectivity index (χ1) is 7.26. The third-order valence-corrected chi connectivity index (χ3v) is 2.25. The smallest absolute Gasteiger partial charge is 0.222 e. The lowest BCUT2D eigenvalue weighted by Gasteiger charge is -2.20. The van der Waals surface area contributed by atoms with Crippen molar-refractivity contribution in [2.45, 2.75) is 33.1 Å². The van der Waals surface area contributed by atoms with Gasteiger partial charge in [-0.25, -0.2) is 0 Å². The molecule has 2 N–H and O–H groups in total. The van der Waals surface area contributed by atoms with Gasteiger partial charge in [0, 0.05) is 32.7 Å². The number of hydrogen-bond acceptors (Lipinski definition) is 3. The Kier molecular flexibility index (Phi) is 9.52. The van der Waals surface area contributed by atoms with Crippen molar-refractivity contribution in [2.24, 2.45) is 5.73 Å². The topological polar surface area (TPSA) is 55.6 Å². The molecule has 4 nitrogen and oxygen atoms in total. The molecule has 0 bridgehead atoms. The van der Waals surface area contributed by atoms with Crippen molar-refractivity contribution < 1.29 is 9.53 Å². The first kappa shape index (κ1) is 14.4. The van der Waals surface area contributed by atoms with Gasteiger partial charge in [0.25, 0.3) is 0 Å². The maximum atomic E-state index is 11.7. The Labute approximate surface area is 92.8 Å². The van der Waals surface area contributed by atoms with E-state index in [9.17, 15) is 4.79 Å². The van der Waals surface area contributed by atoms with Gasteiger partial charge in [-0.1, -0.05) is 0 Å². The zero-order chi connectivity index (χ0) is 11.5. The average molecular weight is 216 g/mol. The number of nitrogens with zero attached hydrogens (tertiary/aromatic N) is 1.